The molecule has 2 unspecified atom stereocenters. The van der Waals surface area contributed by atoms with Crippen LogP contribution >= 0.6 is 0 Å². The van der Waals surface area contributed by atoms with Gasteiger partial charge in [-0.2, -0.15) is 0 Å². The Kier molecular flexibility index (Phi) is 5.64. The van der Waals surface area contributed by atoms with Crippen molar-refractivity contribution >= 4 is 17.7 Å². The Bertz CT molecular complexity index is 507. The van der Waals surface area contributed by atoms with Gasteiger partial charge in [-0.15, -0.1) is 0 Å². The normalized spacial score (nSPS) is 14.8. The highest BCUT2D eigenvalue weighted by atomic mass is 16.5. The number of aliphatic carboxylic acids is 1. The van der Waals surface area contributed by atoms with E-state index in [0.29, 0.717) is 6.42 Å². The van der Waals surface area contributed by atoms with Crippen molar-refractivity contribution in [2.75, 3.05) is 7.11 Å². The molecule has 114 valence electrons. The fraction of sp³-hybridized carbons (Fsp3) is 0.438. The highest BCUT2D eigenvalue weighted by Crippen LogP contribution is 2.30. The molecule has 2 atom stereocenters. The van der Waals surface area contributed by atoms with Crippen molar-refractivity contribution in [2.45, 2.75) is 26.7 Å². The second-order valence-electron chi connectivity index (χ2n) is 5.31. The van der Waals surface area contributed by atoms with Gasteiger partial charge in [-0.25, -0.2) is 0 Å². The van der Waals surface area contributed by atoms with Crippen LogP contribution in [0.15, 0.2) is 30.3 Å². The van der Waals surface area contributed by atoms with Crippen LogP contribution in [-0.4, -0.2) is 29.9 Å². The fourth-order valence-electron chi connectivity index (χ4n) is 2.18. The summed E-state index contributed by atoms with van der Waals surface area (Å²) >= 11 is 0. The van der Waals surface area contributed by atoms with Gasteiger partial charge in [0.15, 0.2) is 0 Å². The summed E-state index contributed by atoms with van der Waals surface area (Å²) < 4.78 is 4.75. The molecule has 5 heteroatoms. The minimum atomic E-state index is -1.59. The third kappa shape index (κ3) is 4.15. The van der Waals surface area contributed by atoms with E-state index in [9.17, 15) is 19.5 Å². The number of esters is 1. The Morgan fingerprint density at radius 3 is 2.24 bits per heavy atom. The predicted molar refractivity (Wildman–Crippen MR) is 76.7 cm³/mol. The zero-order valence-corrected chi connectivity index (χ0v) is 12.5. The molecule has 1 rings (SSSR count). The van der Waals surface area contributed by atoms with Crippen molar-refractivity contribution in [3.63, 3.8) is 0 Å². The predicted octanol–water partition coefficient (Wildman–Crippen LogP) is 2.09. The summed E-state index contributed by atoms with van der Waals surface area (Å²) in [6.07, 6.45) is 0.253. The molecule has 0 aliphatic carbocycles. The van der Waals surface area contributed by atoms with Gasteiger partial charge >= 0.3 is 11.9 Å². The first-order valence-electron chi connectivity index (χ1n) is 6.67. The second kappa shape index (κ2) is 7.02. The van der Waals surface area contributed by atoms with E-state index in [1.54, 1.807) is 0 Å². The molecule has 1 aromatic carbocycles. The number of carbonyl (C=O) groups is 3. The zero-order valence-electron chi connectivity index (χ0n) is 12.5. The van der Waals surface area contributed by atoms with E-state index in [0.717, 1.165) is 5.56 Å². The minimum Gasteiger partial charge on any atom is -0.481 e. The second-order valence-corrected chi connectivity index (χ2v) is 5.31. The molecular formula is C16H20O5. The maximum absolute atomic E-state index is 11.9. The quantitative estimate of drug-likeness (QED) is 0.615. The number of carbonyl (C=O) groups excluding carboxylic acids is 2. The molecule has 0 fully saturated rings. The number of Topliss-reactive ketones (excluding diaryl/α,β-unsaturated/α-hetero) is 1. The summed E-state index contributed by atoms with van der Waals surface area (Å²) in [5, 5.41) is 9.30. The Hall–Kier alpha value is -2.17. The number of ketones is 1. The van der Waals surface area contributed by atoms with Crippen LogP contribution in [0.5, 0.6) is 0 Å². The lowest BCUT2D eigenvalue weighted by Crippen LogP contribution is -2.39. The summed E-state index contributed by atoms with van der Waals surface area (Å²) in [6.45, 7) is 2.57. The average molecular weight is 292 g/mol. The van der Waals surface area contributed by atoms with Crippen LogP contribution in [0, 0.1) is 11.3 Å². The van der Waals surface area contributed by atoms with Crippen LogP contribution in [0.4, 0.5) is 0 Å². The van der Waals surface area contributed by atoms with Crippen molar-refractivity contribution in [3.8, 4) is 0 Å². The largest absolute Gasteiger partial charge is 0.481 e. The van der Waals surface area contributed by atoms with Gasteiger partial charge in [0.2, 0.25) is 0 Å². The van der Waals surface area contributed by atoms with Crippen molar-refractivity contribution < 1.29 is 24.2 Å². The highest BCUT2D eigenvalue weighted by Gasteiger charge is 2.42. The van der Waals surface area contributed by atoms with Crippen LogP contribution in [0.2, 0.25) is 0 Å². The Morgan fingerprint density at radius 1 is 1.24 bits per heavy atom. The molecule has 0 aliphatic rings. The Morgan fingerprint density at radius 2 is 1.81 bits per heavy atom. The van der Waals surface area contributed by atoms with Crippen LogP contribution in [-0.2, 0) is 25.5 Å². The molecule has 0 radical (unpaired) electrons. The van der Waals surface area contributed by atoms with Crippen LogP contribution in [0.3, 0.4) is 0 Å². The first-order chi connectivity index (χ1) is 9.81. The molecule has 1 aromatic rings. The molecule has 0 spiro atoms. The fourth-order valence-corrected chi connectivity index (χ4v) is 2.18. The standard InChI is InChI=1S/C16H20O5/c1-11(17)16(2,15(19)20)10-13(14(18)21-3)9-12-7-5-4-6-8-12/h4-8,13H,9-10H2,1-3H3,(H,19,20). The number of rotatable bonds is 7. The smallest absolute Gasteiger partial charge is 0.316 e. The molecule has 0 saturated carbocycles. The van der Waals surface area contributed by atoms with E-state index < -0.39 is 29.1 Å². The molecule has 0 saturated heterocycles. The first kappa shape index (κ1) is 16.9. The van der Waals surface area contributed by atoms with Gasteiger partial charge in [0.05, 0.1) is 13.0 Å². The summed E-state index contributed by atoms with van der Waals surface area (Å²) in [4.78, 5) is 35.0. The SMILES string of the molecule is COC(=O)C(Cc1ccccc1)CC(C)(C(C)=O)C(=O)O. The van der Waals surface area contributed by atoms with E-state index in [4.69, 9.17) is 4.74 Å². The lowest BCUT2D eigenvalue weighted by atomic mass is 9.76. The average Bonchev–Trinajstić information content (AvgIpc) is 2.46. The van der Waals surface area contributed by atoms with Gasteiger partial charge in [0.1, 0.15) is 11.2 Å². The lowest BCUT2D eigenvalue weighted by Gasteiger charge is -2.26. The molecule has 1 N–H and O–H groups in total. The van der Waals surface area contributed by atoms with E-state index in [1.165, 1.54) is 21.0 Å². The number of hydrogen-bond donors (Lipinski definition) is 1. The molecule has 21 heavy (non-hydrogen) atoms. The molecule has 0 aliphatic heterocycles. The van der Waals surface area contributed by atoms with Gasteiger partial charge < -0.3 is 9.84 Å². The zero-order chi connectivity index (χ0) is 16.0. The van der Waals surface area contributed by atoms with Gasteiger partial charge in [-0.3, -0.25) is 14.4 Å². The summed E-state index contributed by atoms with van der Waals surface area (Å²) in [5.74, 6) is -2.89. The van der Waals surface area contributed by atoms with Gasteiger partial charge in [0, 0.05) is 0 Å². The third-order valence-electron chi connectivity index (χ3n) is 3.76. The molecule has 0 amide bonds. The molecule has 0 bridgehead atoms. The summed E-state index contributed by atoms with van der Waals surface area (Å²) in [5.41, 5.74) is -0.697. The van der Waals surface area contributed by atoms with Crippen LogP contribution in [0.25, 0.3) is 0 Å². The number of methoxy groups -OCH3 is 1. The van der Waals surface area contributed by atoms with Gasteiger partial charge in [-0.1, -0.05) is 30.3 Å². The molecule has 0 heterocycles. The maximum atomic E-state index is 11.9. The third-order valence-corrected chi connectivity index (χ3v) is 3.76. The van der Waals surface area contributed by atoms with Gasteiger partial charge in [-0.05, 0) is 32.3 Å². The molecule has 0 aromatic heterocycles. The number of carboxylic acid groups (broad SMARTS) is 1. The first-order valence-corrected chi connectivity index (χ1v) is 6.67. The number of ether oxygens (including phenoxy) is 1. The number of benzene rings is 1. The topological polar surface area (TPSA) is 80.7 Å². The van der Waals surface area contributed by atoms with E-state index in [1.807, 2.05) is 30.3 Å². The number of hydrogen-bond acceptors (Lipinski definition) is 4. The van der Waals surface area contributed by atoms with E-state index in [2.05, 4.69) is 0 Å². The van der Waals surface area contributed by atoms with Crippen LogP contribution in [0.1, 0.15) is 25.8 Å². The molecular weight excluding hydrogens is 272 g/mol. The number of carboxylic acids is 1. The van der Waals surface area contributed by atoms with Crippen molar-refractivity contribution in [3.05, 3.63) is 35.9 Å². The summed E-state index contributed by atoms with van der Waals surface area (Å²) in [7, 11) is 1.26. The maximum Gasteiger partial charge on any atom is 0.316 e. The van der Waals surface area contributed by atoms with Crippen molar-refractivity contribution in [2.24, 2.45) is 11.3 Å². The monoisotopic (exact) mass is 292 g/mol. The van der Waals surface area contributed by atoms with Gasteiger partial charge in [0.25, 0.3) is 0 Å². The molecule has 5 nitrogen and oxygen atoms in total. The Labute approximate surface area is 123 Å². The van der Waals surface area contributed by atoms with E-state index >= 15 is 0 Å². The highest BCUT2D eigenvalue weighted by molar-refractivity contribution is 6.01. The van der Waals surface area contributed by atoms with E-state index in [-0.39, 0.29) is 6.42 Å². The van der Waals surface area contributed by atoms with Crippen molar-refractivity contribution in [1.29, 1.82) is 0 Å². The van der Waals surface area contributed by atoms with Crippen LogP contribution < -0.4 is 0 Å². The minimum absolute atomic E-state index is 0.0841. The Balaban J connectivity index is 3.01. The lowest BCUT2D eigenvalue weighted by molar-refractivity contribution is -0.156. The van der Waals surface area contributed by atoms with Crippen molar-refractivity contribution in [1.82, 2.24) is 0 Å². The summed E-state index contributed by atoms with van der Waals surface area (Å²) in [6, 6.07) is 9.23.